The van der Waals surface area contributed by atoms with Gasteiger partial charge in [-0.3, -0.25) is 4.79 Å². The molecule has 1 amide bonds. The molecular weight excluding hydrogens is 284 g/mol. The lowest BCUT2D eigenvalue weighted by Gasteiger charge is -2.12. The number of thiophene rings is 1. The molecule has 0 fully saturated rings. The van der Waals surface area contributed by atoms with Gasteiger partial charge >= 0.3 is 0 Å². The summed E-state index contributed by atoms with van der Waals surface area (Å²) in [6.07, 6.45) is 1.78. The van der Waals surface area contributed by atoms with Gasteiger partial charge in [0.05, 0.1) is 15.3 Å². The normalized spacial score (nSPS) is 12.4. The second kappa shape index (κ2) is 6.23. The lowest BCUT2D eigenvalue weighted by atomic mass is 10.2. The highest BCUT2D eigenvalue weighted by atomic mass is 35.5. The Morgan fingerprint density at radius 3 is 2.89 bits per heavy atom. The summed E-state index contributed by atoms with van der Waals surface area (Å²) in [5.74, 6) is -0.156. The van der Waals surface area contributed by atoms with E-state index in [1.54, 1.807) is 12.1 Å². The van der Waals surface area contributed by atoms with Gasteiger partial charge in [-0.05, 0) is 30.7 Å². The first kappa shape index (κ1) is 14.1. The Morgan fingerprint density at radius 2 is 2.32 bits per heavy atom. The fraction of sp³-hybridized carbons (Fsp3) is 0.308. The van der Waals surface area contributed by atoms with Crippen molar-refractivity contribution in [1.82, 2.24) is 9.88 Å². The van der Waals surface area contributed by atoms with Crippen LogP contribution in [-0.2, 0) is 7.05 Å². The number of aliphatic hydroxyl groups is 1. The smallest absolute Gasteiger partial charge is 0.261 e. The van der Waals surface area contributed by atoms with E-state index in [0.29, 0.717) is 22.2 Å². The third kappa shape index (κ3) is 3.59. The highest BCUT2D eigenvalue weighted by Crippen LogP contribution is 2.21. The van der Waals surface area contributed by atoms with Gasteiger partial charge in [0, 0.05) is 25.5 Å². The molecule has 0 aliphatic rings. The lowest BCUT2D eigenvalue weighted by molar-refractivity contribution is 0.0945. The van der Waals surface area contributed by atoms with Gasteiger partial charge in [-0.15, -0.1) is 11.3 Å². The molecule has 0 aliphatic carbocycles. The Kier molecular flexibility index (Phi) is 4.63. The molecule has 19 heavy (non-hydrogen) atoms. The molecule has 2 aromatic rings. The van der Waals surface area contributed by atoms with Gasteiger partial charge in [0.15, 0.2) is 0 Å². The third-order valence-electron chi connectivity index (χ3n) is 2.83. The second-order valence-electron chi connectivity index (χ2n) is 4.21. The first-order chi connectivity index (χ1) is 9.08. The summed E-state index contributed by atoms with van der Waals surface area (Å²) in [4.78, 5) is 12.3. The Morgan fingerprint density at radius 1 is 1.53 bits per heavy atom. The minimum atomic E-state index is -0.577. The van der Waals surface area contributed by atoms with E-state index < -0.39 is 6.10 Å². The molecule has 0 aromatic carbocycles. The van der Waals surface area contributed by atoms with Gasteiger partial charge in [0.25, 0.3) is 5.91 Å². The topological polar surface area (TPSA) is 54.3 Å². The Bertz CT molecular complexity index is 564. The molecule has 2 N–H and O–H groups in total. The van der Waals surface area contributed by atoms with Gasteiger partial charge in [-0.2, -0.15) is 0 Å². The van der Waals surface area contributed by atoms with E-state index in [1.807, 2.05) is 29.9 Å². The largest absolute Gasteiger partial charge is 0.387 e. The molecule has 4 nitrogen and oxygen atoms in total. The van der Waals surface area contributed by atoms with E-state index >= 15 is 0 Å². The number of hydrogen-bond acceptors (Lipinski definition) is 3. The zero-order valence-corrected chi connectivity index (χ0v) is 12.0. The predicted molar refractivity (Wildman–Crippen MR) is 76.7 cm³/mol. The van der Waals surface area contributed by atoms with Crippen molar-refractivity contribution in [3.8, 4) is 0 Å². The van der Waals surface area contributed by atoms with Gasteiger partial charge in [-0.1, -0.05) is 11.6 Å². The molecule has 2 heterocycles. The number of aliphatic hydroxyl groups excluding tert-OH is 1. The molecule has 0 unspecified atom stereocenters. The Labute approximate surface area is 120 Å². The molecule has 2 aromatic heterocycles. The summed E-state index contributed by atoms with van der Waals surface area (Å²) in [5.41, 5.74) is 0.841. The maximum atomic E-state index is 11.7. The fourth-order valence-corrected chi connectivity index (χ4v) is 2.77. The van der Waals surface area contributed by atoms with Crippen LogP contribution in [0.25, 0.3) is 0 Å². The number of nitrogens with one attached hydrogen (secondary N) is 1. The van der Waals surface area contributed by atoms with E-state index in [1.165, 1.54) is 11.3 Å². The van der Waals surface area contributed by atoms with Crippen LogP contribution in [0.3, 0.4) is 0 Å². The number of halogens is 1. The van der Waals surface area contributed by atoms with Crippen molar-refractivity contribution in [1.29, 1.82) is 0 Å². The monoisotopic (exact) mass is 298 g/mol. The van der Waals surface area contributed by atoms with Gasteiger partial charge in [0.2, 0.25) is 0 Å². The minimum absolute atomic E-state index is 0.156. The fourth-order valence-electron chi connectivity index (χ4n) is 1.81. The molecule has 0 saturated heterocycles. The van der Waals surface area contributed by atoms with Gasteiger partial charge < -0.3 is 15.0 Å². The zero-order valence-electron chi connectivity index (χ0n) is 10.5. The van der Waals surface area contributed by atoms with Crippen molar-refractivity contribution >= 4 is 28.8 Å². The number of aromatic nitrogens is 1. The van der Waals surface area contributed by atoms with E-state index in [9.17, 15) is 9.90 Å². The molecule has 0 bridgehead atoms. The van der Waals surface area contributed by atoms with Crippen LogP contribution in [0.4, 0.5) is 0 Å². The van der Waals surface area contributed by atoms with Crippen LogP contribution in [0.5, 0.6) is 0 Å². The van der Waals surface area contributed by atoms with Gasteiger partial charge in [0.1, 0.15) is 0 Å². The number of amides is 1. The highest BCUT2D eigenvalue weighted by molar-refractivity contribution is 7.17. The molecule has 0 spiro atoms. The van der Waals surface area contributed by atoms with Crippen molar-refractivity contribution in [3.05, 3.63) is 45.4 Å². The minimum Gasteiger partial charge on any atom is -0.387 e. The molecule has 0 saturated carbocycles. The van der Waals surface area contributed by atoms with Crippen LogP contribution in [0.15, 0.2) is 30.5 Å². The molecule has 2 rings (SSSR count). The van der Waals surface area contributed by atoms with Crippen molar-refractivity contribution in [2.45, 2.75) is 12.5 Å². The number of aryl methyl sites for hydroxylation is 1. The number of carbonyl (C=O) groups excluding carboxylic acids is 1. The Hall–Kier alpha value is -1.30. The lowest BCUT2D eigenvalue weighted by Crippen LogP contribution is -2.25. The standard InChI is InChI=1S/C13H15ClN2O2S/c1-16-8-2-3-9(16)10(17)6-7-15-13(18)11-4-5-12(14)19-11/h2-5,8,10,17H,6-7H2,1H3,(H,15,18)/t10-/m0/s1. The molecule has 6 heteroatoms. The SMILES string of the molecule is Cn1cccc1[C@@H](O)CCNC(=O)c1ccc(Cl)s1. The summed E-state index contributed by atoms with van der Waals surface area (Å²) in [6.45, 7) is 0.417. The van der Waals surface area contributed by atoms with Crippen molar-refractivity contribution in [2.24, 2.45) is 7.05 Å². The summed E-state index contributed by atoms with van der Waals surface area (Å²) < 4.78 is 2.46. The van der Waals surface area contributed by atoms with E-state index in [4.69, 9.17) is 11.6 Å². The molecule has 102 valence electrons. The number of rotatable bonds is 5. The van der Waals surface area contributed by atoms with Gasteiger partial charge in [-0.25, -0.2) is 0 Å². The summed E-state index contributed by atoms with van der Waals surface area (Å²) in [6, 6.07) is 7.13. The van der Waals surface area contributed by atoms with Crippen molar-refractivity contribution in [2.75, 3.05) is 6.54 Å². The molecule has 0 aliphatic heterocycles. The maximum absolute atomic E-state index is 11.7. The zero-order chi connectivity index (χ0) is 13.8. The van der Waals surface area contributed by atoms with E-state index in [2.05, 4.69) is 5.32 Å². The Balaban J connectivity index is 1.81. The quantitative estimate of drug-likeness (QED) is 0.891. The summed E-state index contributed by atoms with van der Waals surface area (Å²) in [5, 5.41) is 12.8. The van der Waals surface area contributed by atoms with Crippen LogP contribution >= 0.6 is 22.9 Å². The van der Waals surface area contributed by atoms with Crippen LogP contribution in [0.2, 0.25) is 4.34 Å². The van der Waals surface area contributed by atoms with Crippen LogP contribution in [0.1, 0.15) is 27.9 Å². The third-order valence-corrected chi connectivity index (χ3v) is 4.06. The predicted octanol–water partition coefficient (Wildman–Crippen LogP) is 2.59. The molecule has 0 radical (unpaired) electrons. The first-order valence-corrected chi connectivity index (χ1v) is 7.10. The number of nitrogens with zero attached hydrogens (tertiary/aromatic N) is 1. The maximum Gasteiger partial charge on any atom is 0.261 e. The summed E-state index contributed by atoms with van der Waals surface area (Å²) in [7, 11) is 1.88. The molecular formula is C13H15ClN2O2S. The second-order valence-corrected chi connectivity index (χ2v) is 5.92. The van der Waals surface area contributed by atoms with Crippen LogP contribution < -0.4 is 5.32 Å². The van der Waals surface area contributed by atoms with E-state index in [-0.39, 0.29) is 5.91 Å². The summed E-state index contributed by atoms with van der Waals surface area (Å²) >= 11 is 7.01. The average Bonchev–Trinajstić information content (AvgIpc) is 2.97. The van der Waals surface area contributed by atoms with E-state index in [0.717, 1.165) is 5.69 Å². The van der Waals surface area contributed by atoms with Crippen LogP contribution in [0, 0.1) is 0 Å². The number of hydrogen-bond donors (Lipinski definition) is 2. The average molecular weight is 299 g/mol. The molecule has 1 atom stereocenters. The van der Waals surface area contributed by atoms with Crippen LogP contribution in [-0.4, -0.2) is 22.1 Å². The van der Waals surface area contributed by atoms with Crippen molar-refractivity contribution < 1.29 is 9.90 Å². The number of carbonyl (C=O) groups is 1. The highest BCUT2D eigenvalue weighted by Gasteiger charge is 2.12. The first-order valence-electron chi connectivity index (χ1n) is 5.91. The van der Waals surface area contributed by atoms with Crippen molar-refractivity contribution in [3.63, 3.8) is 0 Å².